The molecule has 0 aliphatic rings. The second kappa shape index (κ2) is 6.36. The maximum absolute atomic E-state index is 11.0. The van der Waals surface area contributed by atoms with Gasteiger partial charge < -0.3 is 9.84 Å². The van der Waals surface area contributed by atoms with Gasteiger partial charge in [-0.1, -0.05) is 11.8 Å². The Labute approximate surface area is 91.9 Å². The smallest absolute Gasteiger partial charge is 0.316 e. The van der Waals surface area contributed by atoms with Crippen LogP contribution in [-0.2, 0) is 16.1 Å². The number of ether oxygens (including phenoxy) is 1. The normalized spacial score (nSPS) is 10.0. The highest BCUT2D eigenvalue weighted by Crippen LogP contribution is 2.12. The highest BCUT2D eigenvalue weighted by Gasteiger charge is 2.04. The third kappa shape index (κ3) is 4.26. The molecule has 1 aromatic heterocycles. The summed E-state index contributed by atoms with van der Waals surface area (Å²) in [6.45, 7) is 2.06. The van der Waals surface area contributed by atoms with E-state index in [0.29, 0.717) is 17.3 Å². The molecule has 0 spiro atoms. The number of rotatable bonds is 5. The van der Waals surface area contributed by atoms with E-state index in [1.165, 1.54) is 24.2 Å². The zero-order chi connectivity index (χ0) is 11.1. The summed E-state index contributed by atoms with van der Waals surface area (Å²) in [5, 5.41) is 9.26. The van der Waals surface area contributed by atoms with Gasteiger partial charge in [0.2, 0.25) is 0 Å². The summed E-state index contributed by atoms with van der Waals surface area (Å²) in [5.41, 5.74) is 0.649. The lowest BCUT2D eigenvalue weighted by Crippen LogP contribution is -2.07. The zero-order valence-corrected chi connectivity index (χ0v) is 9.16. The molecule has 0 saturated heterocycles. The van der Waals surface area contributed by atoms with Crippen LogP contribution in [0.3, 0.4) is 0 Å². The van der Waals surface area contributed by atoms with Crippen molar-refractivity contribution >= 4 is 17.7 Å². The van der Waals surface area contributed by atoms with Gasteiger partial charge in [0.05, 0.1) is 19.0 Å². The van der Waals surface area contributed by atoms with Gasteiger partial charge in [0.1, 0.15) is 0 Å². The Kier molecular flexibility index (Phi) is 5.06. The molecule has 0 saturated carbocycles. The van der Waals surface area contributed by atoms with Crippen LogP contribution in [0.1, 0.15) is 12.5 Å². The quantitative estimate of drug-likeness (QED) is 0.452. The molecule has 0 radical (unpaired) electrons. The third-order valence-electron chi connectivity index (χ3n) is 1.49. The summed E-state index contributed by atoms with van der Waals surface area (Å²) < 4.78 is 4.75. The van der Waals surface area contributed by atoms with Gasteiger partial charge in [-0.05, 0) is 6.92 Å². The number of thioether (sulfide) groups is 1. The number of carbonyl (C=O) groups excluding carboxylic acids is 1. The topological polar surface area (TPSA) is 72.3 Å². The number of aromatic nitrogens is 2. The molecule has 6 heteroatoms. The maximum Gasteiger partial charge on any atom is 0.316 e. The Balaban J connectivity index is 2.40. The van der Waals surface area contributed by atoms with E-state index in [1.807, 2.05) is 0 Å². The molecule has 0 aromatic carbocycles. The van der Waals surface area contributed by atoms with Crippen molar-refractivity contribution in [2.24, 2.45) is 0 Å². The summed E-state index contributed by atoms with van der Waals surface area (Å²) in [6, 6.07) is 0. The van der Waals surface area contributed by atoms with E-state index in [2.05, 4.69) is 9.97 Å². The Hall–Kier alpha value is -1.14. The minimum absolute atomic E-state index is 0.0805. The number of aliphatic hydroxyl groups is 1. The van der Waals surface area contributed by atoms with E-state index in [9.17, 15) is 4.79 Å². The Bertz CT molecular complexity index is 316. The summed E-state index contributed by atoms with van der Waals surface area (Å²) in [5.74, 6) is -0.0795. The summed E-state index contributed by atoms with van der Waals surface area (Å²) in [6.07, 6.45) is 3.06. The number of carbonyl (C=O) groups is 1. The number of nitrogens with zero attached hydrogens (tertiary/aromatic N) is 2. The average Bonchev–Trinajstić information content (AvgIpc) is 2.27. The molecule has 0 aliphatic heterocycles. The molecule has 1 heterocycles. The van der Waals surface area contributed by atoms with Gasteiger partial charge in [0.15, 0.2) is 5.16 Å². The third-order valence-corrected chi connectivity index (χ3v) is 2.34. The van der Waals surface area contributed by atoms with E-state index < -0.39 is 0 Å². The number of hydrogen-bond donors (Lipinski definition) is 1. The van der Waals surface area contributed by atoms with E-state index in [-0.39, 0.29) is 18.3 Å². The first-order chi connectivity index (χ1) is 7.26. The van der Waals surface area contributed by atoms with Crippen LogP contribution in [0.15, 0.2) is 17.6 Å². The lowest BCUT2D eigenvalue weighted by molar-refractivity contribution is -0.139. The molecule has 1 aromatic rings. The molecule has 1 N–H and O–H groups in total. The molecule has 15 heavy (non-hydrogen) atoms. The van der Waals surface area contributed by atoms with Gasteiger partial charge in [0.25, 0.3) is 0 Å². The van der Waals surface area contributed by atoms with Gasteiger partial charge in [0, 0.05) is 18.0 Å². The van der Waals surface area contributed by atoms with Crippen molar-refractivity contribution < 1.29 is 14.6 Å². The molecule has 82 valence electrons. The van der Waals surface area contributed by atoms with E-state index in [1.54, 1.807) is 6.92 Å². The van der Waals surface area contributed by atoms with Crippen LogP contribution >= 0.6 is 11.8 Å². The first-order valence-electron chi connectivity index (χ1n) is 4.46. The highest BCUT2D eigenvalue weighted by atomic mass is 32.2. The maximum atomic E-state index is 11.0. The van der Waals surface area contributed by atoms with Gasteiger partial charge in [-0.3, -0.25) is 4.79 Å². The number of hydrogen-bond acceptors (Lipinski definition) is 6. The Morgan fingerprint density at radius 2 is 2.20 bits per heavy atom. The van der Waals surface area contributed by atoms with Gasteiger partial charge >= 0.3 is 5.97 Å². The largest absolute Gasteiger partial charge is 0.465 e. The van der Waals surface area contributed by atoms with Crippen LogP contribution in [0.2, 0.25) is 0 Å². The van der Waals surface area contributed by atoms with Crippen LogP contribution in [0.25, 0.3) is 0 Å². The van der Waals surface area contributed by atoms with Crippen LogP contribution in [0.5, 0.6) is 0 Å². The SMILES string of the molecule is CCOC(=O)CSc1ncc(CO)cn1. The van der Waals surface area contributed by atoms with Crippen LogP contribution in [-0.4, -0.2) is 33.4 Å². The summed E-state index contributed by atoms with van der Waals surface area (Å²) >= 11 is 1.21. The molecule has 0 atom stereocenters. The molecule has 5 nitrogen and oxygen atoms in total. The molecular weight excluding hydrogens is 216 g/mol. The first kappa shape index (κ1) is 11.9. The average molecular weight is 228 g/mol. The number of aliphatic hydroxyl groups excluding tert-OH is 1. The van der Waals surface area contributed by atoms with Gasteiger partial charge in [-0.2, -0.15) is 0 Å². The fraction of sp³-hybridized carbons (Fsp3) is 0.444. The molecule has 1 rings (SSSR count). The zero-order valence-electron chi connectivity index (χ0n) is 8.34. The number of esters is 1. The van der Waals surface area contributed by atoms with Crippen molar-refractivity contribution in [3.8, 4) is 0 Å². The van der Waals surface area contributed by atoms with Crippen molar-refractivity contribution in [1.82, 2.24) is 9.97 Å². The minimum atomic E-state index is -0.280. The predicted octanol–water partition coefficient (Wildman–Crippen LogP) is 0.624. The van der Waals surface area contributed by atoms with E-state index >= 15 is 0 Å². The Morgan fingerprint density at radius 1 is 1.53 bits per heavy atom. The standard InChI is InChI=1S/C9H12N2O3S/c1-2-14-8(13)6-15-9-10-3-7(5-12)4-11-9/h3-4,12H,2,5-6H2,1H3. The van der Waals surface area contributed by atoms with Gasteiger partial charge in [-0.25, -0.2) is 9.97 Å². The fourth-order valence-electron chi connectivity index (χ4n) is 0.825. The van der Waals surface area contributed by atoms with E-state index in [4.69, 9.17) is 9.84 Å². The Morgan fingerprint density at radius 3 is 2.73 bits per heavy atom. The molecule has 0 fully saturated rings. The van der Waals surface area contributed by atoms with Crippen molar-refractivity contribution in [2.45, 2.75) is 18.7 Å². The van der Waals surface area contributed by atoms with Crippen LogP contribution in [0, 0.1) is 0 Å². The van der Waals surface area contributed by atoms with Crippen molar-refractivity contribution in [1.29, 1.82) is 0 Å². The van der Waals surface area contributed by atoms with E-state index in [0.717, 1.165) is 0 Å². The summed E-state index contributed by atoms with van der Waals surface area (Å²) in [4.78, 5) is 18.9. The first-order valence-corrected chi connectivity index (χ1v) is 5.45. The second-order valence-electron chi connectivity index (χ2n) is 2.63. The highest BCUT2D eigenvalue weighted by molar-refractivity contribution is 7.99. The fourth-order valence-corrected chi connectivity index (χ4v) is 1.41. The predicted molar refractivity (Wildman–Crippen MR) is 55.3 cm³/mol. The lowest BCUT2D eigenvalue weighted by atomic mass is 10.4. The molecule has 0 aliphatic carbocycles. The monoisotopic (exact) mass is 228 g/mol. The van der Waals surface area contributed by atoms with Crippen molar-refractivity contribution in [2.75, 3.05) is 12.4 Å². The molecule has 0 amide bonds. The lowest BCUT2D eigenvalue weighted by Gasteiger charge is -2.01. The minimum Gasteiger partial charge on any atom is -0.465 e. The van der Waals surface area contributed by atoms with Gasteiger partial charge in [-0.15, -0.1) is 0 Å². The summed E-state index contributed by atoms with van der Waals surface area (Å²) in [7, 11) is 0. The van der Waals surface area contributed by atoms with Crippen LogP contribution < -0.4 is 0 Å². The van der Waals surface area contributed by atoms with Crippen molar-refractivity contribution in [3.63, 3.8) is 0 Å². The molecule has 0 unspecified atom stereocenters. The molecular formula is C9H12N2O3S. The second-order valence-corrected chi connectivity index (χ2v) is 3.57. The molecule has 0 bridgehead atoms. The van der Waals surface area contributed by atoms with Crippen LogP contribution in [0.4, 0.5) is 0 Å². The van der Waals surface area contributed by atoms with Crippen molar-refractivity contribution in [3.05, 3.63) is 18.0 Å².